The Labute approximate surface area is 541 Å². The van der Waals surface area contributed by atoms with E-state index < -0.39 is 0 Å². The minimum absolute atomic E-state index is 0.0375. The van der Waals surface area contributed by atoms with Crippen LogP contribution in [0.3, 0.4) is 0 Å². The molecule has 0 aliphatic carbocycles. The Morgan fingerprint density at radius 1 is 0.699 bits per heavy atom. The van der Waals surface area contributed by atoms with Gasteiger partial charge in [0.1, 0.15) is 17.2 Å². The summed E-state index contributed by atoms with van der Waals surface area (Å²) in [6.07, 6.45) is 11.5. The second-order valence-electron chi connectivity index (χ2n) is 18.9. The fourth-order valence-electron chi connectivity index (χ4n) is 8.00. The Morgan fingerprint density at radius 3 is 1.70 bits per heavy atom. The molecule has 0 unspecified atom stereocenters. The summed E-state index contributed by atoms with van der Waals surface area (Å²) in [5, 5.41) is 11.1. The summed E-state index contributed by atoms with van der Waals surface area (Å²) in [5.74, 6) is 0.844. The van der Waals surface area contributed by atoms with E-state index >= 15 is 0 Å². The third-order valence-corrected chi connectivity index (χ3v) is 12.1. The standard InChI is InChI=1S/C28H33N7O2.C16H26N6O2.C14H16N2O.I3.I2/c1-7-27(36)30-22-16-23(26(37-6)17-25(22)34(4)15-14-33(2)3)32-28-29-13-12-21(31-28)20-18-35(5)24-11-9-8-10-19(20)24;1-6-15(23)19-11-9-12(20-16(17)18)14(24-5)10-13(11)22(4)8-7-21(2)3;1-15(2)9-8-14(17)12-10-16(3)13-7-5-4-6-11(12)13;1-3-2;1-2/h7-13,16-18H,1,14-15H2,2-6H3,(H,30,36)(H,29,31,32);6,9-10H,1,7-8H2,2-5H3,(H,19,23)(H4,17,18,20);4-10H,1-3H3;;/q;;;-1;/b;;9-8+;;. The van der Waals surface area contributed by atoms with Crippen molar-refractivity contribution in [3.8, 4) is 22.8 Å². The number of carbonyl (C=O) groups is 3. The summed E-state index contributed by atoms with van der Waals surface area (Å²) in [6.45, 7) is 10.3. The summed E-state index contributed by atoms with van der Waals surface area (Å²) in [5.41, 5.74) is 19.6. The molecule has 0 atom stereocenters. The average molecular weight is 1700 g/mol. The number of anilines is 6. The van der Waals surface area contributed by atoms with E-state index in [9.17, 15) is 14.4 Å². The number of para-hydroxylation sites is 2. The van der Waals surface area contributed by atoms with Gasteiger partial charge in [-0.3, -0.25) is 14.4 Å². The van der Waals surface area contributed by atoms with E-state index in [0.29, 0.717) is 53.5 Å². The second-order valence-corrected chi connectivity index (χ2v) is 35.2. The van der Waals surface area contributed by atoms with E-state index in [1.54, 1.807) is 37.7 Å². The summed E-state index contributed by atoms with van der Waals surface area (Å²) >= 11 is 9.54. The van der Waals surface area contributed by atoms with Gasteiger partial charge in [-0.15, -0.1) is 0 Å². The van der Waals surface area contributed by atoms with E-state index in [4.69, 9.17) is 25.9 Å². The van der Waals surface area contributed by atoms with Crippen LogP contribution in [0, 0.1) is 0 Å². The number of nitrogens with two attached hydrogens (primary N) is 2. The molecular formula is C58H75I5N15O5-. The van der Waals surface area contributed by atoms with Crippen LogP contribution in [-0.2, 0) is 23.7 Å². The van der Waals surface area contributed by atoms with Crippen molar-refractivity contribution >= 4 is 160 Å². The predicted octanol–water partition coefficient (Wildman–Crippen LogP) is 8.22. The zero-order chi connectivity index (χ0) is 61.9. The molecule has 4 aromatic carbocycles. The molecule has 25 heteroatoms. The SMILES string of the molecule is C=CC(=O)Nc1cc(N=C(N)N)c(OC)cc1N(C)CCN(C)C.C=CC(=O)Nc1cc(Nc2nccc(-c3cn(C)c4ccccc34)n2)c(OC)cc1N(C)CCN(C)C.CN(C)/C=C/C(=O)c1cn(C)c2ccccc12.II.I[I-]I. The van der Waals surface area contributed by atoms with Crippen LogP contribution in [0.1, 0.15) is 10.4 Å². The number of nitrogens with one attached hydrogen (secondary N) is 3. The molecule has 0 bridgehead atoms. The first-order valence-electron chi connectivity index (χ1n) is 25.3. The number of amides is 2. The van der Waals surface area contributed by atoms with E-state index in [2.05, 4.69) is 151 Å². The molecule has 7 aromatic rings. The first-order valence-corrected chi connectivity index (χ1v) is 44.2. The summed E-state index contributed by atoms with van der Waals surface area (Å²) in [4.78, 5) is 59.4. The van der Waals surface area contributed by atoms with Gasteiger partial charge in [0.05, 0.1) is 48.4 Å². The van der Waals surface area contributed by atoms with E-state index in [1.165, 1.54) is 19.3 Å². The van der Waals surface area contributed by atoms with Crippen LogP contribution < -0.4 is 59.9 Å². The Hall–Kier alpha value is -5.49. The van der Waals surface area contributed by atoms with Gasteiger partial charge in [-0.25, -0.2) is 15.0 Å². The molecule has 3 aromatic heterocycles. The van der Waals surface area contributed by atoms with Gasteiger partial charge in [-0.2, -0.15) is 0 Å². The molecule has 0 aliphatic heterocycles. The van der Waals surface area contributed by atoms with Crippen molar-refractivity contribution in [1.29, 1.82) is 0 Å². The number of fused-ring (bicyclic) bond motifs is 2. The molecule has 0 fully saturated rings. The molecule has 7 rings (SSSR count). The number of guanidine groups is 1. The molecular weight excluding hydrogens is 1620 g/mol. The van der Waals surface area contributed by atoms with Crippen LogP contribution in [0.2, 0.25) is 0 Å². The number of likely N-dealkylation sites (N-methyl/N-ethyl adjacent to an activating group) is 4. The third kappa shape index (κ3) is 22.5. The number of allylic oxidation sites excluding steroid dienone is 1. The van der Waals surface area contributed by atoms with Crippen LogP contribution in [0.25, 0.3) is 33.1 Å². The Morgan fingerprint density at radius 2 is 1.19 bits per heavy atom. The minimum atomic E-state index is -0.321. The van der Waals surface area contributed by atoms with E-state index in [-0.39, 0.29) is 23.6 Å². The molecule has 0 saturated heterocycles. The number of nitrogens with zero attached hydrogens (tertiary/aromatic N) is 10. The van der Waals surface area contributed by atoms with Gasteiger partial charge < -0.3 is 70.5 Å². The summed E-state index contributed by atoms with van der Waals surface area (Å²) in [7, 11) is 22.9. The predicted molar refractivity (Wildman–Crippen MR) is 376 cm³/mol. The van der Waals surface area contributed by atoms with Gasteiger partial charge in [0.25, 0.3) is 0 Å². The van der Waals surface area contributed by atoms with Crippen LogP contribution in [0.5, 0.6) is 11.5 Å². The number of hydrogen-bond acceptors (Lipinski definition) is 14. The molecule has 20 nitrogen and oxygen atoms in total. The van der Waals surface area contributed by atoms with Crippen molar-refractivity contribution in [3.05, 3.63) is 141 Å². The molecule has 2 amide bonds. The number of ether oxygens (including phenoxy) is 2. The number of aromatic nitrogens is 4. The van der Waals surface area contributed by atoms with E-state index in [0.717, 1.165) is 76.2 Å². The zero-order valence-electron chi connectivity index (χ0n) is 48.8. The van der Waals surface area contributed by atoms with Crippen LogP contribution in [0.4, 0.5) is 40.1 Å². The molecule has 448 valence electrons. The molecule has 83 heavy (non-hydrogen) atoms. The van der Waals surface area contributed by atoms with Gasteiger partial charge >= 0.3 is 50.5 Å². The maximum absolute atomic E-state index is 12.2. The Bertz CT molecular complexity index is 3320. The summed E-state index contributed by atoms with van der Waals surface area (Å²) in [6, 6.07) is 25.2. The van der Waals surface area contributed by atoms with Crippen molar-refractivity contribution in [2.75, 3.05) is 123 Å². The molecule has 0 radical (unpaired) electrons. The molecule has 3 heterocycles. The number of rotatable bonds is 21. The quantitative estimate of drug-likeness (QED) is 0.0150. The number of benzene rings is 4. The van der Waals surface area contributed by atoms with Gasteiger partial charge in [-0.1, -0.05) is 49.6 Å². The van der Waals surface area contributed by atoms with Crippen molar-refractivity contribution in [1.82, 2.24) is 33.8 Å². The van der Waals surface area contributed by atoms with Gasteiger partial charge in [0.15, 0.2) is 11.7 Å². The molecule has 0 spiro atoms. The molecule has 0 aliphatic rings. The number of methoxy groups -OCH3 is 2. The number of halogens is 5. The van der Waals surface area contributed by atoms with Crippen LogP contribution in [0.15, 0.2) is 140 Å². The Balaban J connectivity index is 0.000000337. The Kier molecular flexibility index (Phi) is 32.0. The van der Waals surface area contributed by atoms with Gasteiger partial charge in [-0.05, 0) is 70.7 Å². The number of ketones is 1. The number of aliphatic imine (C=N–C) groups is 1. The number of aryl methyl sites for hydroxylation is 2. The first-order chi connectivity index (χ1) is 39.6. The molecule has 0 saturated carbocycles. The van der Waals surface area contributed by atoms with Crippen LogP contribution in [-0.4, -0.2) is 154 Å². The fourth-order valence-corrected chi connectivity index (χ4v) is 8.00. The van der Waals surface area contributed by atoms with Crippen molar-refractivity contribution < 1.29 is 37.1 Å². The first kappa shape index (κ1) is 71.8. The number of carbonyl (C=O) groups excluding carboxylic acids is 3. The third-order valence-electron chi connectivity index (χ3n) is 12.1. The zero-order valence-corrected chi connectivity index (χ0v) is 59.6. The van der Waals surface area contributed by atoms with Gasteiger partial charge in [0.2, 0.25) is 17.8 Å². The van der Waals surface area contributed by atoms with Gasteiger partial charge in [0, 0.05) is 182 Å². The fraction of sp³-hybridized carbons (Fsp3) is 0.276. The monoisotopic (exact) mass is 1700 g/mol. The average Bonchev–Trinajstić information content (AvgIpc) is 4.20. The maximum atomic E-state index is 12.2. The van der Waals surface area contributed by atoms with Crippen LogP contribution >= 0.6 is 74.5 Å². The normalized spacial score (nSPS) is 10.5. The second kappa shape index (κ2) is 37.0. The van der Waals surface area contributed by atoms with Crippen molar-refractivity contribution in [2.24, 2.45) is 30.6 Å². The van der Waals surface area contributed by atoms with Crippen molar-refractivity contribution in [3.63, 3.8) is 0 Å². The molecule has 7 N–H and O–H groups in total. The van der Waals surface area contributed by atoms with E-state index in [1.807, 2.05) is 146 Å². The van der Waals surface area contributed by atoms with Crippen molar-refractivity contribution in [2.45, 2.75) is 0 Å². The topological polar surface area (TPSA) is 222 Å². The number of hydrogen-bond donors (Lipinski definition) is 5. The summed E-state index contributed by atoms with van der Waals surface area (Å²) < 4.78 is 15.1.